The summed E-state index contributed by atoms with van der Waals surface area (Å²) < 4.78 is 28.5. The fourth-order valence-electron chi connectivity index (χ4n) is 1.70. The van der Waals surface area contributed by atoms with Gasteiger partial charge in [-0.3, -0.25) is 9.36 Å². The SMILES string of the molecule is CCOP(=O)(OCC)[C@H](CC(C)=O)c1ccco1. The van der Waals surface area contributed by atoms with E-state index in [9.17, 15) is 9.36 Å². The molecule has 0 fully saturated rings. The quantitative estimate of drug-likeness (QED) is 0.678. The Morgan fingerprint density at radius 2 is 2.00 bits per heavy atom. The summed E-state index contributed by atoms with van der Waals surface area (Å²) in [4.78, 5) is 11.3. The van der Waals surface area contributed by atoms with Crippen molar-refractivity contribution in [3.8, 4) is 0 Å². The van der Waals surface area contributed by atoms with Gasteiger partial charge in [-0.15, -0.1) is 0 Å². The highest BCUT2D eigenvalue weighted by molar-refractivity contribution is 7.54. The van der Waals surface area contributed by atoms with Crippen LogP contribution in [0.5, 0.6) is 0 Å². The van der Waals surface area contributed by atoms with Gasteiger partial charge in [0.15, 0.2) is 0 Å². The van der Waals surface area contributed by atoms with Gasteiger partial charge in [-0.2, -0.15) is 0 Å². The van der Waals surface area contributed by atoms with Crippen molar-refractivity contribution in [1.82, 2.24) is 0 Å². The van der Waals surface area contributed by atoms with E-state index in [1.54, 1.807) is 26.0 Å². The molecule has 0 aliphatic carbocycles. The highest BCUT2D eigenvalue weighted by Gasteiger charge is 2.39. The number of carbonyl (C=O) groups is 1. The lowest BCUT2D eigenvalue weighted by molar-refractivity contribution is -0.117. The lowest BCUT2D eigenvalue weighted by Crippen LogP contribution is -2.09. The molecule has 1 atom stereocenters. The van der Waals surface area contributed by atoms with Gasteiger partial charge in [0.25, 0.3) is 0 Å². The van der Waals surface area contributed by atoms with E-state index in [0.29, 0.717) is 5.76 Å². The van der Waals surface area contributed by atoms with Gasteiger partial charge in [-0.05, 0) is 32.9 Å². The van der Waals surface area contributed by atoms with Crippen LogP contribution in [0.15, 0.2) is 22.8 Å². The van der Waals surface area contributed by atoms with Crippen LogP contribution in [0.25, 0.3) is 0 Å². The van der Waals surface area contributed by atoms with Crippen LogP contribution in [0.2, 0.25) is 0 Å². The Kier molecular flexibility index (Phi) is 5.79. The fourth-order valence-corrected chi connectivity index (χ4v) is 3.79. The minimum absolute atomic E-state index is 0.0742. The smallest absolute Gasteiger partial charge is 0.341 e. The molecule has 18 heavy (non-hydrogen) atoms. The van der Waals surface area contributed by atoms with Gasteiger partial charge in [0.2, 0.25) is 0 Å². The van der Waals surface area contributed by atoms with Crippen molar-refractivity contribution >= 4 is 13.4 Å². The van der Waals surface area contributed by atoms with E-state index in [1.807, 2.05) is 0 Å². The summed E-state index contributed by atoms with van der Waals surface area (Å²) >= 11 is 0. The van der Waals surface area contributed by atoms with Crippen molar-refractivity contribution < 1.29 is 22.8 Å². The molecule has 0 bridgehead atoms. The molecule has 102 valence electrons. The Labute approximate surface area is 107 Å². The van der Waals surface area contributed by atoms with Gasteiger partial charge >= 0.3 is 7.60 Å². The summed E-state index contributed by atoms with van der Waals surface area (Å²) in [6.45, 7) is 5.42. The van der Waals surface area contributed by atoms with Crippen molar-refractivity contribution in [3.05, 3.63) is 24.2 Å². The largest absolute Gasteiger partial charge is 0.468 e. The van der Waals surface area contributed by atoms with Crippen LogP contribution >= 0.6 is 7.60 Å². The molecule has 0 aliphatic heterocycles. The monoisotopic (exact) mass is 274 g/mol. The number of ketones is 1. The number of carbonyl (C=O) groups excluding carboxylic acids is 1. The molecule has 0 saturated carbocycles. The van der Waals surface area contributed by atoms with E-state index in [1.165, 1.54) is 13.2 Å². The molecule has 6 heteroatoms. The normalized spacial score (nSPS) is 13.5. The fraction of sp³-hybridized carbons (Fsp3) is 0.583. The first kappa shape index (κ1) is 15.2. The second-order valence-electron chi connectivity index (χ2n) is 3.81. The van der Waals surface area contributed by atoms with Crippen LogP contribution in [0, 0.1) is 0 Å². The van der Waals surface area contributed by atoms with Gasteiger partial charge in [0.05, 0.1) is 19.5 Å². The molecule has 5 nitrogen and oxygen atoms in total. The third kappa shape index (κ3) is 3.80. The highest BCUT2D eigenvalue weighted by Crippen LogP contribution is 2.62. The summed E-state index contributed by atoms with van der Waals surface area (Å²) in [5.41, 5.74) is -0.676. The maximum atomic E-state index is 12.7. The molecule has 0 saturated heterocycles. The summed E-state index contributed by atoms with van der Waals surface area (Å²) in [7, 11) is -3.39. The van der Waals surface area contributed by atoms with Crippen molar-refractivity contribution in [2.45, 2.75) is 32.9 Å². The maximum Gasteiger partial charge on any atom is 0.341 e. The molecule has 0 spiro atoms. The first-order valence-corrected chi connectivity index (χ1v) is 7.56. The molecule has 0 amide bonds. The molecule has 0 aromatic carbocycles. The topological polar surface area (TPSA) is 65.7 Å². The van der Waals surface area contributed by atoms with Gasteiger partial charge in [-0.25, -0.2) is 0 Å². The van der Waals surface area contributed by atoms with Crippen molar-refractivity contribution in [2.24, 2.45) is 0 Å². The van der Waals surface area contributed by atoms with Crippen LogP contribution < -0.4 is 0 Å². The summed E-state index contributed by atoms with van der Waals surface area (Å²) in [6.07, 6.45) is 1.55. The Bertz CT molecular complexity index is 402. The van der Waals surface area contributed by atoms with E-state index in [4.69, 9.17) is 13.5 Å². The van der Waals surface area contributed by atoms with Crippen LogP contribution in [0.4, 0.5) is 0 Å². The van der Waals surface area contributed by atoms with Gasteiger partial charge in [0, 0.05) is 6.42 Å². The average Bonchev–Trinajstić information content (AvgIpc) is 2.79. The predicted molar refractivity (Wildman–Crippen MR) is 67.6 cm³/mol. The van der Waals surface area contributed by atoms with Gasteiger partial charge in [-0.1, -0.05) is 0 Å². The van der Waals surface area contributed by atoms with E-state index in [2.05, 4.69) is 0 Å². The van der Waals surface area contributed by atoms with Crippen LogP contribution in [0.1, 0.15) is 38.6 Å². The second-order valence-corrected chi connectivity index (χ2v) is 6.03. The molecule has 1 rings (SSSR count). The first-order valence-electron chi connectivity index (χ1n) is 5.95. The zero-order valence-corrected chi connectivity index (χ0v) is 11.8. The van der Waals surface area contributed by atoms with Crippen molar-refractivity contribution in [2.75, 3.05) is 13.2 Å². The Morgan fingerprint density at radius 1 is 1.39 bits per heavy atom. The molecular formula is C12H19O5P. The third-order valence-electron chi connectivity index (χ3n) is 2.35. The average molecular weight is 274 g/mol. The standard InChI is InChI=1S/C12H19O5P/c1-4-16-18(14,17-5-2)12(9-10(3)13)11-7-6-8-15-11/h6-8,12H,4-5,9H2,1-3H3/t12-/m1/s1. The predicted octanol–water partition coefficient (Wildman–Crippen LogP) is 3.57. The maximum absolute atomic E-state index is 12.7. The molecule has 0 N–H and O–H groups in total. The summed E-state index contributed by atoms with van der Waals surface area (Å²) in [6, 6.07) is 3.36. The molecule has 0 unspecified atom stereocenters. The van der Waals surface area contributed by atoms with E-state index in [-0.39, 0.29) is 25.4 Å². The van der Waals surface area contributed by atoms with Crippen molar-refractivity contribution in [3.63, 3.8) is 0 Å². The van der Waals surface area contributed by atoms with Crippen LogP contribution in [0.3, 0.4) is 0 Å². The summed E-state index contributed by atoms with van der Waals surface area (Å²) in [5, 5.41) is 0. The minimum Gasteiger partial charge on any atom is -0.468 e. The number of furan rings is 1. The Morgan fingerprint density at radius 3 is 2.39 bits per heavy atom. The molecule has 0 radical (unpaired) electrons. The highest BCUT2D eigenvalue weighted by atomic mass is 31.2. The Balaban J connectivity index is 3.06. The van der Waals surface area contributed by atoms with Gasteiger partial charge in [0.1, 0.15) is 17.2 Å². The Hall–Kier alpha value is -0.900. The lowest BCUT2D eigenvalue weighted by Gasteiger charge is -2.24. The molecule has 0 aliphatic rings. The van der Waals surface area contributed by atoms with Crippen molar-refractivity contribution in [1.29, 1.82) is 0 Å². The number of Topliss-reactive ketones (excluding diaryl/α,β-unsaturated/α-hetero) is 1. The van der Waals surface area contributed by atoms with E-state index >= 15 is 0 Å². The number of hydrogen-bond donors (Lipinski definition) is 0. The zero-order valence-electron chi connectivity index (χ0n) is 10.9. The third-order valence-corrected chi connectivity index (χ3v) is 4.79. The summed E-state index contributed by atoms with van der Waals surface area (Å²) in [5.74, 6) is 0.367. The van der Waals surface area contributed by atoms with E-state index < -0.39 is 13.3 Å². The first-order chi connectivity index (χ1) is 8.53. The minimum atomic E-state index is -3.39. The molecule has 1 aromatic rings. The number of hydrogen-bond acceptors (Lipinski definition) is 5. The lowest BCUT2D eigenvalue weighted by atomic mass is 10.2. The number of rotatable bonds is 8. The van der Waals surface area contributed by atoms with Gasteiger partial charge < -0.3 is 13.5 Å². The van der Waals surface area contributed by atoms with Crippen LogP contribution in [-0.2, 0) is 18.4 Å². The van der Waals surface area contributed by atoms with Crippen LogP contribution in [-0.4, -0.2) is 19.0 Å². The second kappa shape index (κ2) is 6.88. The zero-order chi connectivity index (χ0) is 13.6. The molecule has 1 heterocycles. The van der Waals surface area contributed by atoms with E-state index in [0.717, 1.165) is 0 Å². The molecule has 1 aromatic heterocycles. The molecular weight excluding hydrogens is 255 g/mol.